The van der Waals surface area contributed by atoms with Crippen LogP contribution in [0.1, 0.15) is 10.8 Å². The molecule has 1 heterocycles. The van der Waals surface area contributed by atoms with Gasteiger partial charge in [0.1, 0.15) is 5.75 Å². The molecule has 2 aromatic carbocycles. The summed E-state index contributed by atoms with van der Waals surface area (Å²) in [6.07, 6.45) is 0. The molecular formula is C14H12O3S2. The summed E-state index contributed by atoms with van der Waals surface area (Å²) in [4.78, 5) is 1.26. The molecule has 3 rings (SSSR count). The van der Waals surface area contributed by atoms with E-state index in [1.807, 2.05) is 30.3 Å². The van der Waals surface area contributed by atoms with Crippen LogP contribution < -0.4 is 0 Å². The highest BCUT2D eigenvalue weighted by atomic mass is 32.2. The average Bonchev–Trinajstić information content (AvgIpc) is 2.63. The standard InChI is InChI=1S/C14H12O3S2/c15-11-7-4-8-13-14(11)12(9-19(13,16)17)18-10-5-2-1-3-6-10/h1-8,12,15H,9H2. The Morgan fingerprint density at radius 2 is 1.79 bits per heavy atom. The Hall–Kier alpha value is -1.46. The van der Waals surface area contributed by atoms with Gasteiger partial charge in [0.2, 0.25) is 0 Å². The summed E-state index contributed by atoms with van der Waals surface area (Å²) in [6.45, 7) is 0. The summed E-state index contributed by atoms with van der Waals surface area (Å²) in [7, 11) is -3.28. The zero-order valence-corrected chi connectivity index (χ0v) is 11.6. The molecule has 0 amide bonds. The minimum atomic E-state index is -3.28. The summed E-state index contributed by atoms with van der Waals surface area (Å²) in [5.74, 6) is 0.103. The van der Waals surface area contributed by atoms with Crippen molar-refractivity contribution in [1.82, 2.24) is 0 Å². The highest BCUT2D eigenvalue weighted by Gasteiger charge is 2.37. The first kappa shape index (κ1) is 12.6. The summed E-state index contributed by atoms with van der Waals surface area (Å²) >= 11 is 1.47. The van der Waals surface area contributed by atoms with Crippen molar-refractivity contribution in [2.24, 2.45) is 0 Å². The second-order valence-corrected chi connectivity index (χ2v) is 7.67. The van der Waals surface area contributed by atoms with E-state index in [9.17, 15) is 13.5 Å². The molecule has 0 fully saturated rings. The van der Waals surface area contributed by atoms with E-state index in [1.165, 1.54) is 17.8 Å². The molecule has 0 saturated heterocycles. The van der Waals surface area contributed by atoms with Gasteiger partial charge in [0.25, 0.3) is 0 Å². The van der Waals surface area contributed by atoms with E-state index < -0.39 is 9.84 Å². The van der Waals surface area contributed by atoms with Crippen LogP contribution in [0.25, 0.3) is 0 Å². The third-order valence-corrected chi connectivity index (χ3v) is 6.33. The Kier molecular flexibility index (Phi) is 3.03. The quantitative estimate of drug-likeness (QED) is 0.924. The molecule has 19 heavy (non-hydrogen) atoms. The van der Waals surface area contributed by atoms with E-state index >= 15 is 0 Å². The first-order valence-corrected chi connectivity index (χ1v) is 8.37. The maximum Gasteiger partial charge on any atom is 0.180 e. The molecule has 2 aromatic rings. The van der Waals surface area contributed by atoms with Crippen LogP contribution in [0.5, 0.6) is 5.75 Å². The second kappa shape index (κ2) is 4.58. The number of hydrogen-bond acceptors (Lipinski definition) is 4. The minimum absolute atomic E-state index is 0.0411. The largest absolute Gasteiger partial charge is 0.508 e. The van der Waals surface area contributed by atoms with Crippen molar-refractivity contribution in [3.05, 3.63) is 54.1 Å². The molecule has 1 unspecified atom stereocenters. The molecule has 0 bridgehead atoms. The molecule has 0 aliphatic carbocycles. The van der Waals surface area contributed by atoms with Gasteiger partial charge in [0.05, 0.1) is 15.9 Å². The normalized spacial score (nSPS) is 20.1. The van der Waals surface area contributed by atoms with Crippen LogP contribution in [0.2, 0.25) is 0 Å². The summed E-state index contributed by atoms with van der Waals surface area (Å²) in [6, 6.07) is 14.3. The Morgan fingerprint density at radius 3 is 2.53 bits per heavy atom. The molecule has 0 spiro atoms. The van der Waals surface area contributed by atoms with Gasteiger partial charge in [-0.2, -0.15) is 0 Å². The molecule has 1 aliphatic heterocycles. The maximum absolute atomic E-state index is 12.1. The molecule has 0 radical (unpaired) electrons. The van der Waals surface area contributed by atoms with E-state index in [1.54, 1.807) is 12.1 Å². The Morgan fingerprint density at radius 1 is 1.05 bits per heavy atom. The topological polar surface area (TPSA) is 54.4 Å². The van der Waals surface area contributed by atoms with Crippen molar-refractivity contribution in [2.75, 3.05) is 5.75 Å². The number of sulfone groups is 1. The number of phenols is 1. The summed E-state index contributed by atoms with van der Waals surface area (Å²) in [5, 5.41) is 9.69. The van der Waals surface area contributed by atoms with Crippen LogP contribution >= 0.6 is 11.8 Å². The zero-order valence-electron chi connectivity index (χ0n) is 9.98. The van der Waals surface area contributed by atoms with Crippen molar-refractivity contribution in [3.63, 3.8) is 0 Å². The van der Waals surface area contributed by atoms with Crippen molar-refractivity contribution in [2.45, 2.75) is 15.0 Å². The van der Waals surface area contributed by atoms with Gasteiger partial charge in [-0.25, -0.2) is 8.42 Å². The highest BCUT2D eigenvalue weighted by molar-refractivity contribution is 8.01. The van der Waals surface area contributed by atoms with Gasteiger partial charge in [-0.1, -0.05) is 24.3 Å². The lowest BCUT2D eigenvalue weighted by molar-refractivity contribution is 0.467. The van der Waals surface area contributed by atoms with Gasteiger partial charge in [0.15, 0.2) is 9.84 Å². The predicted molar refractivity (Wildman–Crippen MR) is 75.2 cm³/mol. The fraction of sp³-hybridized carbons (Fsp3) is 0.143. The molecular weight excluding hydrogens is 280 g/mol. The first-order chi connectivity index (χ1) is 9.08. The lowest BCUT2D eigenvalue weighted by Crippen LogP contribution is -2.00. The smallest absolute Gasteiger partial charge is 0.180 e. The summed E-state index contributed by atoms with van der Waals surface area (Å²) < 4.78 is 24.2. The maximum atomic E-state index is 12.1. The van der Waals surface area contributed by atoms with Crippen molar-refractivity contribution < 1.29 is 13.5 Å². The molecule has 0 saturated carbocycles. The van der Waals surface area contributed by atoms with Gasteiger partial charge in [0, 0.05) is 10.5 Å². The lowest BCUT2D eigenvalue weighted by Gasteiger charge is -2.10. The second-order valence-electron chi connectivity index (χ2n) is 4.39. The fourth-order valence-corrected chi connectivity index (χ4v) is 5.76. The number of rotatable bonds is 2. The van der Waals surface area contributed by atoms with Crippen molar-refractivity contribution in [1.29, 1.82) is 0 Å². The van der Waals surface area contributed by atoms with Crippen LogP contribution in [0.3, 0.4) is 0 Å². The number of fused-ring (bicyclic) bond motifs is 1. The molecule has 5 heteroatoms. The Balaban J connectivity index is 2.03. The monoisotopic (exact) mass is 292 g/mol. The fourth-order valence-electron chi connectivity index (χ4n) is 2.26. The Bertz CT molecular complexity index is 709. The zero-order chi connectivity index (χ0) is 13.5. The number of phenolic OH excluding ortho intramolecular Hbond substituents is 1. The van der Waals surface area contributed by atoms with Gasteiger partial charge in [-0.3, -0.25) is 0 Å². The lowest BCUT2D eigenvalue weighted by atomic mass is 10.1. The highest BCUT2D eigenvalue weighted by Crippen LogP contribution is 2.48. The minimum Gasteiger partial charge on any atom is -0.508 e. The molecule has 1 aliphatic rings. The average molecular weight is 292 g/mol. The number of benzene rings is 2. The molecule has 98 valence electrons. The van der Waals surface area contributed by atoms with Crippen LogP contribution in [0, 0.1) is 0 Å². The summed E-state index contributed by atoms with van der Waals surface area (Å²) in [5.41, 5.74) is 0.538. The van der Waals surface area contributed by atoms with E-state index in [0.29, 0.717) is 5.56 Å². The van der Waals surface area contributed by atoms with Crippen molar-refractivity contribution in [3.8, 4) is 5.75 Å². The van der Waals surface area contributed by atoms with Gasteiger partial charge >= 0.3 is 0 Å². The third kappa shape index (κ3) is 2.24. The van der Waals surface area contributed by atoms with E-state index in [4.69, 9.17) is 0 Å². The number of aromatic hydroxyl groups is 1. The SMILES string of the molecule is O=S1(=O)CC(Sc2ccccc2)c2c(O)cccc21. The van der Waals surface area contributed by atoms with E-state index in [-0.39, 0.29) is 21.6 Å². The molecule has 1 atom stereocenters. The molecule has 1 N–H and O–H groups in total. The van der Waals surface area contributed by atoms with Gasteiger partial charge in [-0.15, -0.1) is 11.8 Å². The predicted octanol–water partition coefficient (Wildman–Crippen LogP) is 3.01. The van der Waals surface area contributed by atoms with E-state index in [0.717, 1.165) is 4.90 Å². The molecule has 3 nitrogen and oxygen atoms in total. The molecule has 0 aromatic heterocycles. The first-order valence-electron chi connectivity index (χ1n) is 5.84. The van der Waals surface area contributed by atoms with Crippen LogP contribution in [0.4, 0.5) is 0 Å². The van der Waals surface area contributed by atoms with E-state index in [2.05, 4.69) is 0 Å². The third-order valence-electron chi connectivity index (χ3n) is 3.09. The van der Waals surface area contributed by atoms with Crippen LogP contribution in [0.15, 0.2) is 58.3 Å². The van der Waals surface area contributed by atoms with Crippen LogP contribution in [-0.2, 0) is 9.84 Å². The number of thioether (sulfide) groups is 1. The van der Waals surface area contributed by atoms with Gasteiger partial charge in [-0.05, 0) is 24.3 Å². The van der Waals surface area contributed by atoms with Crippen molar-refractivity contribution >= 4 is 21.6 Å². The van der Waals surface area contributed by atoms with Crippen LogP contribution in [-0.4, -0.2) is 19.3 Å². The van der Waals surface area contributed by atoms with Gasteiger partial charge < -0.3 is 5.11 Å². The Labute approximate surface area is 116 Å². The number of hydrogen-bond donors (Lipinski definition) is 1.